The van der Waals surface area contributed by atoms with E-state index < -0.39 is 0 Å². The third kappa shape index (κ3) is 952. The van der Waals surface area contributed by atoms with Gasteiger partial charge >= 0.3 is 0 Å². The predicted octanol–water partition coefficient (Wildman–Crippen LogP) is -0.766. The van der Waals surface area contributed by atoms with Crippen molar-refractivity contribution in [1.29, 1.82) is 0 Å². The quantitative estimate of drug-likeness (QED) is 0.180. The zero-order valence-corrected chi connectivity index (χ0v) is 3.27. The van der Waals surface area contributed by atoms with E-state index >= 15 is 0 Å². The summed E-state index contributed by atoms with van der Waals surface area (Å²) in [5.74, 6) is 8.22. The molecule has 0 saturated heterocycles. The molecule has 0 heterocycles. The standard InChI is InChI=1S/CHClO.H4N2/c2-1-3;1-2/h1H;1-2H2. The molecule has 32 valence electrons. The minimum absolute atomic E-state index is 0.222. The van der Waals surface area contributed by atoms with Crippen molar-refractivity contribution in [1.82, 2.24) is 0 Å². The van der Waals surface area contributed by atoms with Gasteiger partial charge in [0.2, 0.25) is 5.75 Å². The Labute approximate surface area is 34.9 Å². The van der Waals surface area contributed by atoms with Crippen LogP contribution in [0.5, 0.6) is 0 Å². The number of nitrogens with two attached hydrogens (primary N) is 2. The van der Waals surface area contributed by atoms with Crippen LogP contribution in [0.15, 0.2) is 0 Å². The van der Waals surface area contributed by atoms with Crippen LogP contribution in [0.3, 0.4) is 0 Å². The van der Waals surface area contributed by atoms with E-state index in [4.69, 9.17) is 4.79 Å². The molecule has 0 radical (unpaired) electrons. The third-order valence-corrected chi connectivity index (χ3v) is 0. The molecule has 0 aliphatic rings. The van der Waals surface area contributed by atoms with Crippen molar-refractivity contribution in [3.05, 3.63) is 0 Å². The molecule has 0 atom stereocenters. The van der Waals surface area contributed by atoms with Gasteiger partial charge in [0.1, 0.15) is 0 Å². The predicted molar refractivity (Wildman–Crippen MR) is 21.0 cm³/mol. The lowest BCUT2D eigenvalue weighted by molar-refractivity contribution is 0.569. The molecule has 0 spiro atoms. The Morgan fingerprint density at radius 2 is 1.60 bits per heavy atom. The number of halogens is 1. The fourth-order valence-electron chi connectivity index (χ4n) is 0. The first-order valence-electron chi connectivity index (χ1n) is 0.787. The Bertz CT molecular complexity index is 17.1. The lowest BCUT2D eigenvalue weighted by Crippen LogP contribution is -2.02. The summed E-state index contributed by atoms with van der Waals surface area (Å²) in [5, 5.41) is 0. The molecule has 0 bridgehead atoms. The van der Waals surface area contributed by atoms with E-state index in [0.29, 0.717) is 0 Å². The van der Waals surface area contributed by atoms with Crippen molar-refractivity contribution in [3.63, 3.8) is 0 Å². The van der Waals surface area contributed by atoms with Crippen molar-refractivity contribution in [2.24, 2.45) is 11.7 Å². The van der Waals surface area contributed by atoms with Gasteiger partial charge in [-0.3, -0.25) is 16.5 Å². The summed E-state index contributed by atoms with van der Waals surface area (Å²) < 4.78 is 0. The summed E-state index contributed by atoms with van der Waals surface area (Å²) in [6, 6.07) is 0. The van der Waals surface area contributed by atoms with Gasteiger partial charge in [-0.25, -0.2) is 0 Å². The van der Waals surface area contributed by atoms with Gasteiger partial charge in [0, 0.05) is 0 Å². The van der Waals surface area contributed by atoms with Crippen LogP contribution in [-0.2, 0) is 4.79 Å². The van der Waals surface area contributed by atoms with Gasteiger partial charge in [0.25, 0.3) is 0 Å². The Kier molecular flexibility index (Phi) is 73.6. The third-order valence-electron chi connectivity index (χ3n) is 0. The number of hydrogen-bond donors (Lipinski definition) is 2. The molecule has 3 nitrogen and oxygen atoms in total. The normalized spacial score (nSPS) is 3.80. The molecular formula is CH5ClN2O. The molecule has 0 aromatic carbocycles. The van der Waals surface area contributed by atoms with Crippen molar-refractivity contribution in [2.75, 3.05) is 0 Å². The fraction of sp³-hybridized carbons (Fsp3) is 0. The molecule has 0 fully saturated rings. The van der Waals surface area contributed by atoms with Crippen molar-refractivity contribution >= 4 is 17.3 Å². The molecule has 0 saturated carbocycles. The van der Waals surface area contributed by atoms with Crippen LogP contribution in [0.25, 0.3) is 0 Å². The average molecular weight is 96.5 g/mol. The lowest BCUT2D eigenvalue weighted by Gasteiger charge is -1.27. The van der Waals surface area contributed by atoms with E-state index in [1.807, 2.05) is 0 Å². The fourth-order valence-corrected chi connectivity index (χ4v) is 0. The maximum atomic E-state index is 8.57. The Morgan fingerprint density at radius 1 is 1.60 bits per heavy atom. The van der Waals surface area contributed by atoms with Crippen molar-refractivity contribution < 1.29 is 4.79 Å². The summed E-state index contributed by atoms with van der Waals surface area (Å²) in [6.07, 6.45) is 0. The zero-order chi connectivity index (χ0) is 4.71. The number of hydrogen-bond acceptors (Lipinski definition) is 3. The molecule has 0 amide bonds. The highest BCUT2D eigenvalue weighted by Crippen LogP contribution is 1.42. The Hall–Kier alpha value is -0.120. The highest BCUT2D eigenvalue weighted by Gasteiger charge is 1.28. The van der Waals surface area contributed by atoms with E-state index in [9.17, 15) is 0 Å². The summed E-state index contributed by atoms with van der Waals surface area (Å²) in [7, 11) is 0. The zero-order valence-electron chi connectivity index (χ0n) is 2.52. The van der Waals surface area contributed by atoms with Crippen molar-refractivity contribution in [2.45, 2.75) is 0 Å². The molecule has 0 aliphatic carbocycles. The van der Waals surface area contributed by atoms with Gasteiger partial charge in [0.15, 0.2) is 0 Å². The van der Waals surface area contributed by atoms with Gasteiger partial charge in [-0.1, -0.05) is 0 Å². The smallest absolute Gasteiger partial charge is 0.208 e. The molecule has 4 N–H and O–H groups in total. The molecule has 0 rings (SSSR count). The van der Waals surface area contributed by atoms with Crippen LogP contribution in [0, 0.1) is 0 Å². The van der Waals surface area contributed by atoms with E-state index in [1.54, 1.807) is 0 Å². The summed E-state index contributed by atoms with van der Waals surface area (Å²) in [4.78, 5) is 8.57. The summed E-state index contributed by atoms with van der Waals surface area (Å²) in [6.45, 7) is 0. The van der Waals surface area contributed by atoms with E-state index in [1.165, 1.54) is 0 Å². The first-order valence-corrected chi connectivity index (χ1v) is 1.22. The summed E-state index contributed by atoms with van der Waals surface area (Å²) >= 11 is 4.32. The second-order valence-electron chi connectivity index (χ2n) is 0.0891. The topological polar surface area (TPSA) is 69.1 Å². The van der Waals surface area contributed by atoms with Gasteiger partial charge in [-0.15, -0.1) is 0 Å². The maximum absolute atomic E-state index is 8.57. The first kappa shape index (κ1) is 8.86. The largest absolute Gasteiger partial charge is 0.285 e. The molecule has 0 unspecified atom stereocenters. The van der Waals surface area contributed by atoms with Crippen LogP contribution in [-0.4, -0.2) is 5.75 Å². The number of carbonyl (C=O) groups is 1. The Morgan fingerprint density at radius 3 is 1.60 bits per heavy atom. The van der Waals surface area contributed by atoms with E-state index in [0.717, 1.165) is 0 Å². The van der Waals surface area contributed by atoms with Crippen LogP contribution in [0.2, 0.25) is 0 Å². The van der Waals surface area contributed by atoms with Gasteiger partial charge in [-0.05, 0) is 11.6 Å². The number of hydrazine groups is 1. The van der Waals surface area contributed by atoms with Crippen LogP contribution in [0.4, 0.5) is 0 Å². The second-order valence-corrected chi connectivity index (χ2v) is 0.267. The van der Waals surface area contributed by atoms with Gasteiger partial charge in [0.05, 0.1) is 0 Å². The Balaban J connectivity index is 0. The van der Waals surface area contributed by atoms with Crippen LogP contribution < -0.4 is 11.7 Å². The minimum Gasteiger partial charge on any atom is -0.285 e. The molecule has 5 heavy (non-hydrogen) atoms. The molecule has 0 aromatic heterocycles. The van der Waals surface area contributed by atoms with Crippen LogP contribution in [0.1, 0.15) is 0 Å². The van der Waals surface area contributed by atoms with E-state index in [-0.39, 0.29) is 5.75 Å². The lowest BCUT2D eigenvalue weighted by atomic mass is 11.8. The summed E-state index contributed by atoms with van der Waals surface area (Å²) in [5.41, 5.74) is 0. The van der Waals surface area contributed by atoms with Crippen molar-refractivity contribution in [3.8, 4) is 0 Å². The second kappa shape index (κ2) is 41.6. The molecule has 0 aromatic rings. The molecule has 0 aliphatic heterocycles. The van der Waals surface area contributed by atoms with E-state index in [2.05, 4.69) is 23.3 Å². The number of carbonyl (C=O) groups excluding carboxylic acids is 1. The average Bonchev–Trinajstić information content (AvgIpc) is 1.46. The monoisotopic (exact) mass is 96.0 g/mol. The van der Waals surface area contributed by atoms with Gasteiger partial charge < -0.3 is 0 Å². The minimum atomic E-state index is 0.222. The van der Waals surface area contributed by atoms with Crippen LogP contribution >= 0.6 is 11.6 Å². The molecular weight excluding hydrogens is 91.5 g/mol. The highest BCUT2D eigenvalue weighted by atomic mass is 35.5. The number of rotatable bonds is 0. The molecule has 4 heteroatoms. The SMILES string of the molecule is NN.O=CCl. The highest BCUT2D eigenvalue weighted by molar-refractivity contribution is 6.54. The maximum Gasteiger partial charge on any atom is 0.208 e. The first-order chi connectivity index (χ1) is 2.41. The van der Waals surface area contributed by atoms with Gasteiger partial charge in [-0.2, -0.15) is 0 Å².